The van der Waals surface area contributed by atoms with Crippen molar-refractivity contribution in [3.05, 3.63) is 0 Å². The van der Waals surface area contributed by atoms with Crippen molar-refractivity contribution in [2.24, 2.45) is 5.73 Å². The van der Waals surface area contributed by atoms with Gasteiger partial charge in [-0.3, -0.25) is 15.3 Å². The van der Waals surface area contributed by atoms with E-state index in [1.165, 1.54) is 0 Å². The topological polar surface area (TPSA) is 52.3 Å². The highest BCUT2D eigenvalue weighted by Gasteiger charge is 3.20. The fourth-order valence-electron chi connectivity index (χ4n) is 4.15. The molecule has 0 amide bonds. The van der Waals surface area contributed by atoms with Crippen LogP contribution in [0.25, 0.3) is 0 Å². The quantitative estimate of drug-likeness (QED) is 0.407. The minimum Gasteiger partial charge on any atom is -0.291 e. The van der Waals surface area contributed by atoms with Crippen molar-refractivity contribution in [2.45, 2.75) is 70.3 Å². The summed E-state index contributed by atoms with van der Waals surface area (Å²) in [4.78, 5) is 11.6. The van der Waals surface area contributed by atoms with Crippen molar-refractivity contribution in [3.8, 4) is 0 Å². The zero-order valence-corrected chi connectivity index (χ0v) is 15.1. The third-order valence-electron chi connectivity index (χ3n) is 6.08. The molecule has 0 radical (unpaired) electrons. The smallest absolute Gasteiger partial charge is 0.291 e. The van der Waals surface area contributed by atoms with E-state index in [4.69, 9.17) is 0 Å². The molecule has 22 heteroatoms. The molecular weight excluding hydrogens is 563 g/mol. The second-order valence-corrected chi connectivity index (χ2v) is 7.68. The number of nitrogens with two attached hydrogens (primary N) is 1. The van der Waals surface area contributed by atoms with Crippen molar-refractivity contribution in [1.29, 1.82) is 0 Å². The molecule has 4 aliphatic carbocycles. The minimum absolute atomic E-state index is 1.73. The third-order valence-corrected chi connectivity index (χ3v) is 6.08. The van der Waals surface area contributed by atoms with E-state index in [9.17, 15) is 83.8 Å². The van der Waals surface area contributed by atoms with Gasteiger partial charge in [0.1, 0.15) is 0 Å². The Morgan fingerprint density at radius 3 is 1.29 bits per heavy atom. The number of hydrogen-bond acceptors (Lipinski definition) is 3. The lowest BCUT2D eigenvalue weighted by Gasteiger charge is -2.71. The molecule has 4 fully saturated rings. The van der Waals surface area contributed by atoms with E-state index in [-0.39, 0.29) is 0 Å². The van der Waals surface area contributed by atoms with E-state index in [1.54, 1.807) is 4.74 Å². The van der Waals surface area contributed by atoms with Crippen molar-refractivity contribution in [3.63, 3.8) is 0 Å². The Morgan fingerprint density at radius 2 is 0.914 bits per heavy atom. The molecule has 4 saturated carbocycles. The first kappa shape index (κ1) is 27.8. The maximum Gasteiger partial charge on any atom is 0.445 e. The predicted molar refractivity (Wildman–Crippen MR) is 64.1 cm³/mol. The molecule has 0 heterocycles. The van der Waals surface area contributed by atoms with Crippen LogP contribution in [0.15, 0.2) is 0 Å². The van der Waals surface area contributed by atoms with Gasteiger partial charge in [0.15, 0.2) is 0 Å². The zero-order chi connectivity index (χ0) is 28.3. The average molecular weight is 565 g/mol. The third kappa shape index (κ3) is 1.91. The summed E-state index contributed by atoms with van der Waals surface area (Å²) in [6.45, 7) is 0. The molecule has 35 heavy (non-hydrogen) atoms. The maximum absolute atomic E-state index is 15.1. The second-order valence-electron chi connectivity index (χ2n) is 7.68. The first-order valence-corrected chi connectivity index (χ1v) is 7.99. The second kappa shape index (κ2) is 5.72. The van der Waals surface area contributed by atoms with Crippen LogP contribution < -0.4 is 5.73 Å². The summed E-state index contributed by atoms with van der Waals surface area (Å²) < 4.78 is 268. The number of rotatable bonds is 3. The monoisotopic (exact) mass is 565 g/mol. The Kier molecular flexibility index (Phi) is 4.55. The number of Topliss-reactive ketones (excluding diaryl/α,β-unsaturated/α-hetero) is 1. The summed E-state index contributed by atoms with van der Waals surface area (Å²) in [5, 5.41) is 0. The summed E-state index contributed by atoms with van der Waals surface area (Å²) in [6.07, 6.45) is -15.1. The molecule has 0 saturated heterocycles. The molecule has 3 nitrogen and oxygen atoms in total. The summed E-state index contributed by atoms with van der Waals surface area (Å²) in [7, 11) is 0. The van der Waals surface area contributed by atoms with Crippen molar-refractivity contribution in [1.82, 2.24) is 0 Å². The van der Waals surface area contributed by atoms with Crippen molar-refractivity contribution in [2.75, 3.05) is 0 Å². The van der Waals surface area contributed by atoms with Gasteiger partial charge < -0.3 is 0 Å². The molecule has 0 aromatic rings. The Balaban J connectivity index is 2.54. The summed E-state index contributed by atoms with van der Waals surface area (Å²) in [6, 6.07) is 0. The molecule has 204 valence electrons. The molecule has 0 aliphatic heterocycles. The van der Waals surface area contributed by atoms with Gasteiger partial charge in [0.2, 0.25) is 5.78 Å². The molecule has 0 aromatic heterocycles. The van der Waals surface area contributed by atoms with Gasteiger partial charge in [-0.1, -0.05) is 0 Å². The van der Waals surface area contributed by atoms with Crippen LogP contribution in [0.1, 0.15) is 0 Å². The molecule has 0 aromatic carbocycles. The van der Waals surface area contributed by atoms with E-state index >= 15 is 4.39 Å². The van der Waals surface area contributed by atoms with Crippen molar-refractivity contribution < 1.29 is 92.9 Å². The summed E-state index contributed by atoms with van der Waals surface area (Å²) in [5.74, 6) is -52.8. The highest BCUT2D eigenvalue weighted by atomic mass is 19.4. The number of carbonyl (C=O) groups is 1. The molecule has 6 atom stereocenters. The van der Waals surface area contributed by atoms with E-state index < -0.39 is 76.1 Å². The number of alkyl halides is 19. The lowest BCUT2D eigenvalue weighted by atomic mass is 9.41. The normalized spacial score (nSPS) is 47.0. The van der Waals surface area contributed by atoms with Crippen LogP contribution in [0.2, 0.25) is 0 Å². The SMILES string of the molecule is NC(F)(C(F)(F)F)C(F)(F)OC1(F)C2(F)C(=O)C3(F)C(F)(F)C(F)(C2(F)F)C(F)(F)C1(F)C3(F)F. The first-order valence-electron chi connectivity index (χ1n) is 7.99. The molecular formula is C13H2F19NO2. The van der Waals surface area contributed by atoms with Gasteiger partial charge in [0, 0.05) is 0 Å². The van der Waals surface area contributed by atoms with Crippen LogP contribution in [0.4, 0.5) is 83.4 Å². The number of ether oxygens (including phenoxy) is 1. The van der Waals surface area contributed by atoms with Gasteiger partial charge in [-0.25, -0.2) is 26.3 Å². The summed E-state index contributed by atoms with van der Waals surface area (Å²) in [5.41, 5.74) is -28.3. The van der Waals surface area contributed by atoms with Gasteiger partial charge in [0.05, 0.1) is 0 Å². The fourth-order valence-corrected chi connectivity index (χ4v) is 4.15. The highest BCUT2D eigenvalue weighted by Crippen LogP contribution is 2.85. The lowest BCUT2D eigenvalue weighted by molar-refractivity contribution is -0.575. The van der Waals surface area contributed by atoms with Gasteiger partial charge in [-0.2, -0.15) is 57.1 Å². The van der Waals surface area contributed by atoms with E-state index in [0.29, 0.717) is 0 Å². The first-order chi connectivity index (χ1) is 14.9. The zero-order valence-electron chi connectivity index (χ0n) is 15.1. The molecule has 6 unspecified atom stereocenters. The number of halogens is 19. The molecule has 4 bridgehead atoms. The Hall–Kier alpha value is -1.74. The minimum atomic E-state index is -8.32. The summed E-state index contributed by atoms with van der Waals surface area (Å²) >= 11 is 0. The van der Waals surface area contributed by atoms with Crippen LogP contribution in [0, 0.1) is 0 Å². The lowest BCUT2D eigenvalue weighted by Crippen LogP contribution is -3.07. The van der Waals surface area contributed by atoms with E-state index in [1.807, 2.05) is 0 Å². The standard InChI is InChI=1S/C13H2F19NO2/c14-2-1(34)3(15)8(22,23)4(16,6(2,18)19)9(24,25)5(17,7(2,20)21)11(3,27)35-13(31,32)10(26,33)12(28,29)30/h33H2. The average Bonchev–Trinajstić information content (AvgIpc) is 2.65. The predicted octanol–water partition coefficient (Wildman–Crippen LogP) is 4.43. The number of ketones is 1. The molecule has 0 spiro atoms. The van der Waals surface area contributed by atoms with Gasteiger partial charge in [-0.05, 0) is 0 Å². The van der Waals surface area contributed by atoms with Crippen LogP contribution in [0.5, 0.6) is 0 Å². The highest BCUT2D eigenvalue weighted by molar-refractivity contribution is 6.04. The molecule has 4 rings (SSSR count). The largest absolute Gasteiger partial charge is 0.445 e. The maximum atomic E-state index is 15.1. The number of hydrogen-bond donors (Lipinski definition) is 1. The van der Waals surface area contributed by atoms with Crippen LogP contribution in [-0.2, 0) is 9.53 Å². The van der Waals surface area contributed by atoms with Crippen molar-refractivity contribution >= 4 is 5.78 Å². The number of carbonyl (C=O) groups excluding carboxylic acids is 1. The fraction of sp³-hybridized carbons (Fsp3) is 0.923. The van der Waals surface area contributed by atoms with E-state index in [2.05, 4.69) is 5.73 Å². The van der Waals surface area contributed by atoms with Gasteiger partial charge >= 0.3 is 70.3 Å². The van der Waals surface area contributed by atoms with E-state index in [0.717, 1.165) is 0 Å². The Morgan fingerprint density at radius 1 is 0.571 bits per heavy atom. The van der Waals surface area contributed by atoms with Gasteiger partial charge in [0.25, 0.3) is 0 Å². The van der Waals surface area contributed by atoms with Crippen LogP contribution >= 0.6 is 0 Å². The molecule has 2 N–H and O–H groups in total. The van der Waals surface area contributed by atoms with Crippen LogP contribution in [0.3, 0.4) is 0 Å². The molecule has 4 aliphatic rings. The Labute approximate surface area is 176 Å². The Bertz CT molecular complexity index is 1010. The van der Waals surface area contributed by atoms with Gasteiger partial charge in [-0.15, -0.1) is 0 Å². The van der Waals surface area contributed by atoms with Crippen LogP contribution in [-0.4, -0.2) is 76.1 Å².